The fourth-order valence-electron chi connectivity index (χ4n) is 2.02. The fraction of sp³-hybridized carbons (Fsp3) is 0.125. The van der Waals surface area contributed by atoms with Crippen LogP contribution >= 0.6 is 22.7 Å². The summed E-state index contributed by atoms with van der Waals surface area (Å²) in [5, 5.41) is 5.62. The highest BCUT2D eigenvalue weighted by Crippen LogP contribution is 2.29. The van der Waals surface area contributed by atoms with Crippen molar-refractivity contribution in [3.05, 3.63) is 62.8 Å². The summed E-state index contributed by atoms with van der Waals surface area (Å²) in [5.41, 5.74) is 0.748. The Kier molecular flexibility index (Phi) is 4.49. The summed E-state index contributed by atoms with van der Waals surface area (Å²) < 4.78 is 26.4. The zero-order chi connectivity index (χ0) is 16.4. The molecule has 2 heterocycles. The van der Waals surface area contributed by atoms with Gasteiger partial charge in [-0.3, -0.25) is 4.79 Å². The molecule has 23 heavy (non-hydrogen) atoms. The number of nitrogens with one attached hydrogen (secondary N) is 1. The molecular weight excluding hydrogens is 338 g/mol. The van der Waals surface area contributed by atoms with Gasteiger partial charge in [-0.15, -0.1) is 22.7 Å². The molecule has 0 saturated heterocycles. The Morgan fingerprint density at radius 1 is 1.26 bits per heavy atom. The summed E-state index contributed by atoms with van der Waals surface area (Å²) in [6.07, 6.45) is 0. The largest absolute Gasteiger partial charge is 0.347 e. The van der Waals surface area contributed by atoms with Crippen molar-refractivity contribution in [2.24, 2.45) is 0 Å². The first-order valence-electron chi connectivity index (χ1n) is 6.77. The van der Waals surface area contributed by atoms with Crippen molar-refractivity contribution in [1.82, 2.24) is 10.3 Å². The molecular formula is C16H12F2N2OS2. The molecule has 0 radical (unpaired) electrons. The molecule has 3 nitrogen and oxygen atoms in total. The number of nitrogens with zero attached hydrogens (tertiary/aromatic N) is 1. The number of thiophene rings is 1. The zero-order valence-corrected chi connectivity index (χ0v) is 13.7. The van der Waals surface area contributed by atoms with Gasteiger partial charge in [0.1, 0.15) is 11.6 Å². The molecule has 118 valence electrons. The highest BCUT2D eigenvalue weighted by Gasteiger charge is 2.13. The third-order valence-electron chi connectivity index (χ3n) is 3.13. The predicted octanol–water partition coefficient (Wildman–Crippen LogP) is 4.39. The molecule has 1 amide bonds. The van der Waals surface area contributed by atoms with E-state index in [4.69, 9.17) is 0 Å². The second-order valence-corrected chi connectivity index (χ2v) is 7.06. The van der Waals surface area contributed by atoms with Gasteiger partial charge in [-0.2, -0.15) is 0 Å². The van der Waals surface area contributed by atoms with Crippen LogP contribution in [0.15, 0.2) is 35.7 Å². The second kappa shape index (κ2) is 6.55. The Morgan fingerprint density at radius 3 is 2.78 bits per heavy atom. The Bertz CT molecular complexity index is 857. The molecule has 0 aliphatic rings. The van der Waals surface area contributed by atoms with E-state index in [1.165, 1.54) is 11.3 Å². The number of benzene rings is 1. The fourth-order valence-corrected chi connectivity index (χ4v) is 3.62. The highest BCUT2D eigenvalue weighted by atomic mass is 32.1. The van der Waals surface area contributed by atoms with Gasteiger partial charge in [0.15, 0.2) is 0 Å². The molecule has 0 saturated carbocycles. The summed E-state index contributed by atoms with van der Waals surface area (Å²) in [4.78, 5) is 18.3. The minimum Gasteiger partial charge on any atom is -0.347 e. The molecule has 0 aliphatic heterocycles. The first-order valence-corrected chi connectivity index (χ1v) is 8.47. The first-order chi connectivity index (χ1) is 11.0. The molecule has 0 spiro atoms. The molecule has 0 atom stereocenters. The van der Waals surface area contributed by atoms with E-state index in [-0.39, 0.29) is 12.1 Å². The molecule has 2 aromatic heterocycles. The Hall–Kier alpha value is -2.12. The number of carbonyl (C=O) groups is 1. The highest BCUT2D eigenvalue weighted by molar-refractivity contribution is 7.16. The number of halogens is 2. The lowest BCUT2D eigenvalue weighted by molar-refractivity contribution is 0.0947. The average molecular weight is 350 g/mol. The van der Waals surface area contributed by atoms with Crippen LogP contribution < -0.4 is 5.32 Å². The molecule has 7 heteroatoms. The number of rotatable bonds is 4. The standard InChI is InChI=1S/C16H12F2N2OS2/c1-9-20-14(8-22-9)15-5-3-11(23-15)7-19-16(21)12-4-2-10(17)6-13(12)18/h2-6,8H,7H2,1H3,(H,19,21). The van der Waals surface area contributed by atoms with E-state index in [2.05, 4.69) is 10.3 Å². The number of hydrogen-bond donors (Lipinski definition) is 1. The summed E-state index contributed by atoms with van der Waals surface area (Å²) in [5.74, 6) is -2.14. The minimum absolute atomic E-state index is 0.168. The molecule has 1 aromatic carbocycles. The lowest BCUT2D eigenvalue weighted by Gasteiger charge is -2.04. The Labute approximate surface area is 139 Å². The van der Waals surface area contributed by atoms with Gasteiger partial charge >= 0.3 is 0 Å². The summed E-state index contributed by atoms with van der Waals surface area (Å²) >= 11 is 3.10. The molecule has 3 aromatic rings. The van der Waals surface area contributed by atoms with E-state index < -0.39 is 17.5 Å². The monoisotopic (exact) mass is 350 g/mol. The van der Waals surface area contributed by atoms with Gasteiger partial charge in [0.25, 0.3) is 5.91 Å². The van der Waals surface area contributed by atoms with Gasteiger partial charge in [-0.05, 0) is 31.2 Å². The molecule has 1 N–H and O–H groups in total. The summed E-state index contributed by atoms with van der Waals surface area (Å²) in [6, 6.07) is 6.74. The van der Waals surface area contributed by atoms with E-state index in [0.29, 0.717) is 6.07 Å². The van der Waals surface area contributed by atoms with Crippen LogP contribution in [0.25, 0.3) is 10.6 Å². The van der Waals surface area contributed by atoms with Crippen molar-refractivity contribution in [2.75, 3.05) is 0 Å². The minimum atomic E-state index is -0.868. The van der Waals surface area contributed by atoms with Crippen molar-refractivity contribution < 1.29 is 13.6 Å². The number of carbonyl (C=O) groups excluding carboxylic acids is 1. The molecule has 0 fully saturated rings. The third-order valence-corrected chi connectivity index (χ3v) is 5.01. The SMILES string of the molecule is Cc1nc(-c2ccc(CNC(=O)c3ccc(F)cc3F)s2)cs1. The van der Waals surface area contributed by atoms with Crippen molar-refractivity contribution in [2.45, 2.75) is 13.5 Å². The van der Waals surface area contributed by atoms with Crippen LogP contribution in [0.3, 0.4) is 0 Å². The van der Waals surface area contributed by atoms with Crippen molar-refractivity contribution >= 4 is 28.6 Å². The van der Waals surface area contributed by atoms with Crippen LogP contribution in [0.2, 0.25) is 0 Å². The van der Waals surface area contributed by atoms with Gasteiger partial charge in [-0.25, -0.2) is 13.8 Å². The van der Waals surface area contributed by atoms with Gasteiger partial charge in [0.05, 0.1) is 27.7 Å². The average Bonchev–Trinajstić information content (AvgIpc) is 3.13. The maximum atomic E-state index is 13.5. The van der Waals surface area contributed by atoms with Gasteiger partial charge in [0.2, 0.25) is 0 Å². The maximum Gasteiger partial charge on any atom is 0.254 e. The normalized spacial score (nSPS) is 10.7. The molecule has 0 bridgehead atoms. The molecule has 3 rings (SSSR count). The van der Waals surface area contributed by atoms with Crippen LogP contribution in [0.1, 0.15) is 20.2 Å². The van der Waals surface area contributed by atoms with Crippen LogP contribution in [0, 0.1) is 18.6 Å². The van der Waals surface area contributed by atoms with E-state index in [1.54, 1.807) is 11.3 Å². The van der Waals surface area contributed by atoms with Crippen molar-refractivity contribution in [3.8, 4) is 10.6 Å². The quantitative estimate of drug-likeness (QED) is 0.758. The number of hydrogen-bond acceptors (Lipinski definition) is 4. The van der Waals surface area contributed by atoms with E-state index in [0.717, 1.165) is 32.6 Å². The number of aryl methyl sites for hydroxylation is 1. The predicted molar refractivity (Wildman–Crippen MR) is 87.7 cm³/mol. The Morgan fingerprint density at radius 2 is 2.09 bits per heavy atom. The Balaban J connectivity index is 1.66. The van der Waals surface area contributed by atoms with Crippen LogP contribution in [-0.4, -0.2) is 10.9 Å². The summed E-state index contributed by atoms with van der Waals surface area (Å²) in [7, 11) is 0. The van der Waals surface area contributed by atoms with Crippen LogP contribution in [0.5, 0.6) is 0 Å². The lowest BCUT2D eigenvalue weighted by Crippen LogP contribution is -2.23. The maximum absolute atomic E-state index is 13.5. The van der Waals surface area contributed by atoms with Crippen molar-refractivity contribution in [3.63, 3.8) is 0 Å². The lowest BCUT2D eigenvalue weighted by atomic mass is 10.2. The number of aromatic nitrogens is 1. The van der Waals surface area contributed by atoms with Gasteiger partial charge in [0, 0.05) is 16.3 Å². The van der Waals surface area contributed by atoms with E-state index in [9.17, 15) is 13.6 Å². The zero-order valence-electron chi connectivity index (χ0n) is 12.1. The second-order valence-electron chi connectivity index (χ2n) is 4.82. The van der Waals surface area contributed by atoms with Crippen molar-refractivity contribution in [1.29, 1.82) is 0 Å². The number of amides is 1. The topological polar surface area (TPSA) is 42.0 Å². The van der Waals surface area contributed by atoms with E-state index >= 15 is 0 Å². The third kappa shape index (κ3) is 3.62. The van der Waals surface area contributed by atoms with Crippen LogP contribution in [0.4, 0.5) is 8.78 Å². The van der Waals surface area contributed by atoms with Gasteiger partial charge < -0.3 is 5.32 Å². The molecule has 0 aliphatic carbocycles. The number of thiazole rings is 1. The summed E-state index contributed by atoms with van der Waals surface area (Å²) in [6.45, 7) is 2.23. The van der Waals surface area contributed by atoms with Crippen LogP contribution in [-0.2, 0) is 6.54 Å². The smallest absolute Gasteiger partial charge is 0.254 e. The first kappa shape index (κ1) is 15.8. The van der Waals surface area contributed by atoms with E-state index in [1.807, 2.05) is 24.4 Å². The molecule has 0 unspecified atom stereocenters. The van der Waals surface area contributed by atoms with Gasteiger partial charge in [-0.1, -0.05) is 0 Å².